The first-order valence-corrected chi connectivity index (χ1v) is 6.62. The number of nitrogens with one attached hydrogen (secondary N) is 1. The van der Waals surface area contributed by atoms with E-state index < -0.39 is 0 Å². The average Bonchev–Trinajstić information content (AvgIpc) is 2.34. The maximum atomic E-state index is 9.27. The zero-order valence-corrected chi connectivity index (χ0v) is 12.2. The van der Waals surface area contributed by atoms with E-state index in [-0.39, 0.29) is 12.6 Å². The third-order valence-electron chi connectivity index (χ3n) is 3.24. The van der Waals surface area contributed by atoms with Crippen LogP contribution < -0.4 is 10.2 Å². The topological polar surface area (TPSA) is 35.5 Å². The van der Waals surface area contributed by atoms with E-state index in [1.54, 1.807) is 0 Å². The molecular formula is C15H26N2O. The quantitative estimate of drug-likeness (QED) is 0.813. The second-order valence-electron chi connectivity index (χ2n) is 5.31. The number of hydrogen-bond acceptors (Lipinski definition) is 3. The van der Waals surface area contributed by atoms with Crippen LogP contribution in [0.15, 0.2) is 18.2 Å². The Morgan fingerprint density at radius 3 is 2.50 bits per heavy atom. The summed E-state index contributed by atoms with van der Waals surface area (Å²) in [5.74, 6) is 0. The number of aliphatic hydroxyl groups is 1. The van der Waals surface area contributed by atoms with Gasteiger partial charge in [-0.05, 0) is 25.5 Å². The molecule has 0 fully saturated rings. The Labute approximate surface area is 111 Å². The molecule has 3 nitrogen and oxygen atoms in total. The molecule has 1 atom stereocenters. The van der Waals surface area contributed by atoms with Gasteiger partial charge in [-0.2, -0.15) is 0 Å². The van der Waals surface area contributed by atoms with Gasteiger partial charge >= 0.3 is 0 Å². The smallest absolute Gasteiger partial charge is 0.0632 e. The molecular weight excluding hydrogens is 224 g/mol. The highest BCUT2D eigenvalue weighted by Gasteiger charge is 2.13. The predicted molar refractivity (Wildman–Crippen MR) is 78.1 cm³/mol. The summed E-state index contributed by atoms with van der Waals surface area (Å²) in [5, 5.41) is 12.7. The lowest BCUT2D eigenvalue weighted by atomic mass is 10.1. The average molecular weight is 250 g/mol. The van der Waals surface area contributed by atoms with E-state index in [1.807, 2.05) is 14.0 Å². The van der Waals surface area contributed by atoms with Gasteiger partial charge in [0.05, 0.1) is 6.61 Å². The van der Waals surface area contributed by atoms with Crippen molar-refractivity contribution in [3.8, 4) is 0 Å². The molecule has 0 bridgehead atoms. The summed E-state index contributed by atoms with van der Waals surface area (Å²) in [6, 6.07) is 7.07. The molecule has 0 aliphatic heterocycles. The van der Waals surface area contributed by atoms with Gasteiger partial charge in [-0.3, -0.25) is 0 Å². The Morgan fingerprint density at radius 1 is 1.28 bits per heavy atom. The first-order valence-electron chi connectivity index (χ1n) is 6.62. The summed E-state index contributed by atoms with van der Waals surface area (Å²) in [5.41, 5.74) is 3.74. The van der Waals surface area contributed by atoms with Crippen molar-refractivity contribution in [2.24, 2.45) is 0 Å². The van der Waals surface area contributed by atoms with E-state index >= 15 is 0 Å². The molecule has 0 spiro atoms. The van der Waals surface area contributed by atoms with Crippen LogP contribution in [0.2, 0.25) is 0 Å². The lowest BCUT2D eigenvalue weighted by Gasteiger charge is -2.28. The lowest BCUT2D eigenvalue weighted by molar-refractivity contribution is 0.270. The zero-order valence-electron chi connectivity index (χ0n) is 12.2. The summed E-state index contributed by atoms with van der Waals surface area (Å²) in [6.45, 7) is 9.46. The monoisotopic (exact) mass is 250 g/mol. The number of nitrogens with zero attached hydrogens (tertiary/aromatic N) is 1. The molecule has 0 radical (unpaired) electrons. The number of hydrogen-bond donors (Lipinski definition) is 2. The molecule has 1 aromatic carbocycles. The van der Waals surface area contributed by atoms with Crippen molar-refractivity contribution >= 4 is 5.69 Å². The molecule has 3 heteroatoms. The van der Waals surface area contributed by atoms with Gasteiger partial charge in [0.15, 0.2) is 0 Å². The largest absolute Gasteiger partial charge is 0.394 e. The van der Waals surface area contributed by atoms with Crippen LogP contribution in [-0.4, -0.2) is 30.8 Å². The van der Waals surface area contributed by atoms with Crippen LogP contribution >= 0.6 is 0 Å². The maximum Gasteiger partial charge on any atom is 0.0632 e. The molecule has 0 aromatic heterocycles. The van der Waals surface area contributed by atoms with Crippen LogP contribution in [0.1, 0.15) is 31.9 Å². The van der Waals surface area contributed by atoms with Gasteiger partial charge in [0.25, 0.3) is 0 Å². The fraction of sp³-hybridized carbons (Fsp3) is 0.600. The van der Waals surface area contributed by atoms with Crippen molar-refractivity contribution in [3.05, 3.63) is 29.3 Å². The second kappa shape index (κ2) is 6.76. The van der Waals surface area contributed by atoms with Crippen molar-refractivity contribution in [1.82, 2.24) is 5.32 Å². The third kappa shape index (κ3) is 4.00. The SMILES string of the molecule is Cc1ccc(N(C)C(C)CO)c(CNC(C)C)c1. The summed E-state index contributed by atoms with van der Waals surface area (Å²) in [6.07, 6.45) is 0. The highest BCUT2D eigenvalue weighted by atomic mass is 16.3. The van der Waals surface area contributed by atoms with Crippen molar-refractivity contribution in [1.29, 1.82) is 0 Å². The van der Waals surface area contributed by atoms with E-state index in [1.165, 1.54) is 16.8 Å². The van der Waals surface area contributed by atoms with Crippen LogP contribution in [-0.2, 0) is 6.54 Å². The predicted octanol–water partition coefficient (Wildman–Crippen LogP) is 2.31. The van der Waals surface area contributed by atoms with Crippen LogP contribution in [0.25, 0.3) is 0 Å². The summed E-state index contributed by atoms with van der Waals surface area (Å²) < 4.78 is 0. The minimum Gasteiger partial charge on any atom is -0.394 e. The van der Waals surface area contributed by atoms with E-state index in [0.29, 0.717) is 6.04 Å². The number of likely N-dealkylation sites (N-methyl/N-ethyl adjacent to an activating group) is 1. The fourth-order valence-corrected chi connectivity index (χ4v) is 1.87. The molecule has 0 heterocycles. The first-order chi connectivity index (χ1) is 8.45. The van der Waals surface area contributed by atoms with Gasteiger partial charge < -0.3 is 15.3 Å². The minimum absolute atomic E-state index is 0.130. The number of rotatable bonds is 6. The lowest BCUT2D eigenvalue weighted by Crippen LogP contribution is -2.33. The molecule has 2 N–H and O–H groups in total. The number of aryl methyl sites for hydroxylation is 1. The highest BCUT2D eigenvalue weighted by Crippen LogP contribution is 2.22. The Morgan fingerprint density at radius 2 is 1.94 bits per heavy atom. The normalized spacial score (nSPS) is 12.8. The van der Waals surface area contributed by atoms with Crippen molar-refractivity contribution in [3.63, 3.8) is 0 Å². The van der Waals surface area contributed by atoms with Gasteiger partial charge in [-0.1, -0.05) is 31.5 Å². The van der Waals surface area contributed by atoms with Crippen molar-refractivity contribution < 1.29 is 5.11 Å². The molecule has 0 saturated carbocycles. The van der Waals surface area contributed by atoms with Crippen LogP contribution in [0, 0.1) is 6.92 Å². The third-order valence-corrected chi connectivity index (χ3v) is 3.24. The Bertz CT molecular complexity index is 377. The molecule has 1 unspecified atom stereocenters. The number of anilines is 1. The fourth-order valence-electron chi connectivity index (χ4n) is 1.87. The number of benzene rings is 1. The molecule has 0 saturated heterocycles. The maximum absolute atomic E-state index is 9.27. The van der Waals surface area contributed by atoms with Gasteiger partial charge in [-0.15, -0.1) is 0 Å². The van der Waals surface area contributed by atoms with E-state index in [4.69, 9.17) is 0 Å². The standard InChI is InChI=1S/C15H26N2O/c1-11(2)16-9-14-8-12(3)6-7-15(14)17(5)13(4)10-18/h6-8,11,13,16,18H,9-10H2,1-5H3. The van der Waals surface area contributed by atoms with E-state index in [9.17, 15) is 5.11 Å². The van der Waals surface area contributed by atoms with Gasteiger partial charge in [-0.25, -0.2) is 0 Å². The Balaban J connectivity index is 2.95. The zero-order chi connectivity index (χ0) is 13.7. The summed E-state index contributed by atoms with van der Waals surface area (Å²) >= 11 is 0. The summed E-state index contributed by atoms with van der Waals surface area (Å²) in [4.78, 5) is 2.14. The highest BCUT2D eigenvalue weighted by molar-refractivity contribution is 5.55. The van der Waals surface area contributed by atoms with Crippen molar-refractivity contribution in [2.75, 3.05) is 18.6 Å². The molecule has 0 aliphatic rings. The molecule has 0 aliphatic carbocycles. The minimum atomic E-state index is 0.130. The number of aliphatic hydroxyl groups excluding tert-OH is 1. The van der Waals surface area contributed by atoms with E-state index in [0.717, 1.165) is 6.54 Å². The van der Waals surface area contributed by atoms with E-state index in [2.05, 4.69) is 49.2 Å². The second-order valence-corrected chi connectivity index (χ2v) is 5.31. The summed E-state index contributed by atoms with van der Waals surface area (Å²) in [7, 11) is 2.03. The molecule has 0 amide bonds. The molecule has 18 heavy (non-hydrogen) atoms. The van der Waals surface area contributed by atoms with Gasteiger partial charge in [0.1, 0.15) is 0 Å². The first kappa shape index (κ1) is 15.0. The Hall–Kier alpha value is -1.06. The van der Waals surface area contributed by atoms with Crippen LogP contribution in [0.5, 0.6) is 0 Å². The van der Waals surface area contributed by atoms with Gasteiger partial charge in [0, 0.05) is 31.4 Å². The van der Waals surface area contributed by atoms with Gasteiger partial charge in [0.2, 0.25) is 0 Å². The van der Waals surface area contributed by atoms with Crippen LogP contribution in [0.3, 0.4) is 0 Å². The molecule has 1 aromatic rings. The van der Waals surface area contributed by atoms with Crippen LogP contribution in [0.4, 0.5) is 5.69 Å². The molecule has 1 rings (SSSR count). The Kier molecular flexibility index (Phi) is 5.63. The molecule has 102 valence electrons. The van der Waals surface area contributed by atoms with Crippen molar-refractivity contribution in [2.45, 2.75) is 46.3 Å².